The molecule has 0 saturated heterocycles. The number of aromatic nitrogens is 3. The summed E-state index contributed by atoms with van der Waals surface area (Å²) < 4.78 is 1.42. The van der Waals surface area contributed by atoms with Crippen LogP contribution in [0.3, 0.4) is 0 Å². The average Bonchev–Trinajstić information content (AvgIpc) is 2.97. The Hall–Kier alpha value is -2.41. The number of rotatable bonds is 6. The number of hydrogen-bond acceptors (Lipinski definition) is 4. The van der Waals surface area contributed by atoms with Gasteiger partial charge in [-0.3, -0.25) is 9.59 Å². The third-order valence-corrected chi connectivity index (χ3v) is 3.40. The van der Waals surface area contributed by atoms with Crippen molar-refractivity contribution in [1.29, 1.82) is 0 Å². The van der Waals surface area contributed by atoms with Gasteiger partial charge in [-0.1, -0.05) is 28.9 Å². The lowest BCUT2D eigenvalue weighted by Crippen LogP contribution is -2.33. The summed E-state index contributed by atoms with van der Waals surface area (Å²) in [6.07, 6.45) is 1.37. The number of nitrogens with zero attached hydrogens (tertiary/aromatic N) is 4. The van der Waals surface area contributed by atoms with Gasteiger partial charge in [0.05, 0.1) is 23.3 Å². The highest BCUT2D eigenvalue weighted by Gasteiger charge is 2.19. The predicted molar refractivity (Wildman–Crippen MR) is 80.2 cm³/mol. The molecule has 0 aliphatic carbocycles. The number of halogens is 1. The number of para-hydroxylation sites is 1. The molecule has 0 unspecified atom stereocenters. The summed E-state index contributed by atoms with van der Waals surface area (Å²) >= 11 is 6.07. The van der Waals surface area contributed by atoms with E-state index < -0.39 is 5.97 Å². The van der Waals surface area contributed by atoms with E-state index in [2.05, 4.69) is 10.3 Å². The Bertz CT molecular complexity index is 686. The van der Waals surface area contributed by atoms with Crippen molar-refractivity contribution in [2.24, 2.45) is 0 Å². The van der Waals surface area contributed by atoms with Crippen LogP contribution in [0.5, 0.6) is 0 Å². The normalized spacial score (nSPS) is 10.5. The van der Waals surface area contributed by atoms with Gasteiger partial charge >= 0.3 is 5.97 Å². The van der Waals surface area contributed by atoms with Gasteiger partial charge in [0.2, 0.25) is 0 Å². The smallest absolute Gasteiger partial charge is 0.305 e. The molecular formula is C14H15ClN4O3. The molecule has 1 aromatic carbocycles. The Kier molecular flexibility index (Phi) is 5.11. The first kappa shape index (κ1) is 16.0. The minimum Gasteiger partial charge on any atom is -0.481 e. The summed E-state index contributed by atoms with van der Waals surface area (Å²) in [6, 6.07) is 7.06. The molecule has 0 atom stereocenters. The first-order chi connectivity index (χ1) is 10.5. The highest BCUT2D eigenvalue weighted by molar-refractivity contribution is 6.32. The molecule has 0 bridgehead atoms. The molecule has 0 fully saturated rings. The number of hydrogen-bond donors (Lipinski definition) is 1. The molecule has 1 heterocycles. The van der Waals surface area contributed by atoms with Crippen LogP contribution in [0, 0.1) is 0 Å². The first-order valence-corrected chi connectivity index (χ1v) is 7.09. The van der Waals surface area contributed by atoms with Crippen molar-refractivity contribution in [2.45, 2.75) is 13.3 Å². The second kappa shape index (κ2) is 7.04. The molecule has 0 spiro atoms. The van der Waals surface area contributed by atoms with Gasteiger partial charge in [-0.25, -0.2) is 4.68 Å². The topological polar surface area (TPSA) is 88.3 Å². The molecule has 0 aliphatic rings. The predicted octanol–water partition coefficient (Wildman–Crippen LogP) is 1.86. The monoisotopic (exact) mass is 322 g/mol. The Labute approximate surface area is 132 Å². The van der Waals surface area contributed by atoms with Crippen LogP contribution >= 0.6 is 11.6 Å². The van der Waals surface area contributed by atoms with Crippen molar-refractivity contribution in [3.05, 3.63) is 41.2 Å². The molecular weight excluding hydrogens is 308 g/mol. The minimum absolute atomic E-state index is 0.113. The van der Waals surface area contributed by atoms with Crippen LogP contribution in [-0.4, -0.2) is 50.0 Å². The maximum Gasteiger partial charge on any atom is 0.305 e. The SMILES string of the molecule is CCN(CCC(=O)O)C(=O)c1cn(-c2ccccc2Cl)nn1. The molecule has 1 amide bonds. The van der Waals surface area contributed by atoms with E-state index in [-0.39, 0.29) is 24.6 Å². The molecule has 8 heteroatoms. The molecule has 0 aliphatic heterocycles. The Morgan fingerprint density at radius 2 is 2.09 bits per heavy atom. The van der Waals surface area contributed by atoms with Gasteiger partial charge in [-0.15, -0.1) is 5.10 Å². The number of aliphatic carboxylic acids is 1. The Balaban J connectivity index is 2.18. The minimum atomic E-state index is -0.953. The zero-order valence-electron chi connectivity index (χ0n) is 11.9. The van der Waals surface area contributed by atoms with Gasteiger partial charge < -0.3 is 10.0 Å². The molecule has 1 aromatic heterocycles. The lowest BCUT2D eigenvalue weighted by molar-refractivity contribution is -0.137. The summed E-state index contributed by atoms with van der Waals surface area (Å²) in [6.45, 7) is 2.30. The van der Waals surface area contributed by atoms with Crippen LogP contribution in [-0.2, 0) is 4.79 Å². The van der Waals surface area contributed by atoms with Gasteiger partial charge in [0.1, 0.15) is 0 Å². The standard InChI is InChI=1S/C14H15ClN4O3/c1-2-18(8-7-13(20)21)14(22)11-9-19(17-16-11)12-6-4-3-5-10(12)15/h3-6,9H,2,7-8H2,1H3,(H,20,21). The molecule has 0 radical (unpaired) electrons. The molecule has 7 nitrogen and oxygen atoms in total. The number of carboxylic acid groups (broad SMARTS) is 1. The van der Waals surface area contributed by atoms with Crippen molar-refractivity contribution in [1.82, 2.24) is 19.9 Å². The van der Waals surface area contributed by atoms with Crippen molar-refractivity contribution in [2.75, 3.05) is 13.1 Å². The van der Waals surface area contributed by atoms with E-state index in [4.69, 9.17) is 16.7 Å². The fourth-order valence-corrected chi connectivity index (χ4v) is 2.14. The van der Waals surface area contributed by atoms with E-state index in [9.17, 15) is 9.59 Å². The van der Waals surface area contributed by atoms with Crippen molar-refractivity contribution in [3.63, 3.8) is 0 Å². The second-order valence-electron chi connectivity index (χ2n) is 4.53. The maximum absolute atomic E-state index is 12.3. The van der Waals surface area contributed by atoms with Crippen LogP contribution < -0.4 is 0 Å². The fraction of sp³-hybridized carbons (Fsp3) is 0.286. The zero-order valence-corrected chi connectivity index (χ0v) is 12.7. The fourth-order valence-electron chi connectivity index (χ4n) is 1.91. The number of amides is 1. The third-order valence-electron chi connectivity index (χ3n) is 3.08. The quantitative estimate of drug-likeness (QED) is 0.877. The Morgan fingerprint density at radius 1 is 1.36 bits per heavy atom. The Morgan fingerprint density at radius 3 is 2.73 bits per heavy atom. The molecule has 22 heavy (non-hydrogen) atoms. The molecule has 2 rings (SSSR count). The maximum atomic E-state index is 12.3. The largest absolute Gasteiger partial charge is 0.481 e. The number of carbonyl (C=O) groups excluding carboxylic acids is 1. The summed E-state index contributed by atoms with van der Waals surface area (Å²) in [5.74, 6) is -1.31. The van der Waals surface area contributed by atoms with Gasteiger partial charge in [-0.2, -0.15) is 0 Å². The van der Waals surface area contributed by atoms with Crippen LogP contribution in [0.25, 0.3) is 5.69 Å². The van der Waals surface area contributed by atoms with E-state index in [1.165, 1.54) is 15.8 Å². The number of benzene rings is 1. The van der Waals surface area contributed by atoms with E-state index >= 15 is 0 Å². The van der Waals surface area contributed by atoms with Crippen LogP contribution in [0.2, 0.25) is 5.02 Å². The molecule has 0 saturated carbocycles. The second-order valence-corrected chi connectivity index (χ2v) is 4.94. The molecule has 2 aromatic rings. The lowest BCUT2D eigenvalue weighted by atomic mass is 10.3. The van der Waals surface area contributed by atoms with Gasteiger partial charge in [0, 0.05) is 13.1 Å². The lowest BCUT2D eigenvalue weighted by Gasteiger charge is -2.18. The van der Waals surface area contributed by atoms with E-state index in [0.29, 0.717) is 17.3 Å². The molecule has 1 N–H and O–H groups in total. The summed E-state index contributed by atoms with van der Waals surface area (Å²) in [7, 11) is 0. The van der Waals surface area contributed by atoms with Crippen molar-refractivity contribution < 1.29 is 14.7 Å². The summed E-state index contributed by atoms with van der Waals surface area (Å²) in [5, 5.41) is 16.9. The average molecular weight is 323 g/mol. The summed E-state index contributed by atoms with van der Waals surface area (Å²) in [5.41, 5.74) is 0.761. The van der Waals surface area contributed by atoms with E-state index in [0.717, 1.165) is 0 Å². The van der Waals surface area contributed by atoms with Crippen LogP contribution in [0.4, 0.5) is 0 Å². The van der Waals surface area contributed by atoms with Crippen LogP contribution in [0.15, 0.2) is 30.5 Å². The highest BCUT2D eigenvalue weighted by Crippen LogP contribution is 2.18. The van der Waals surface area contributed by atoms with E-state index in [1.54, 1.807) is 31.2 Å². The van der Waals surface area contributed by atoms with Crippen molar-refractivity contribution >= 4 is 23.5 Å². The van der Waals surface area contributed by atoms with Crippen LogP contribution in [0.1, 0.15) is 23.8 Å². The summed E-state index contributed by atoms with van der Waals surface area (Å²) in [4.78, 5) is 24.3. The highest BCUT2D eigenvalue weighted by atomic mass is 35.5. The zero-order chi connectivity index (χ0) is 16.1. The third kappa shape index (κ3) is 3.62. The first-order valence-electron chi connectivity index (χ1n) is 6.71. The van der Waals surface area contributed by atoms with Gasteiger partial charge in [-0.05, 0) is 19.1 Å². The van der Waals surface area contributed by atoms with Crippen molar-refractivity contribution in [3.8, 4) is 5.69 Å². The van der Waals surface area contributed by atoms with Gasteiger partial charge in [0.25, 0.3) is 5.91 Å². The number of carbonyl (C=O) groups is 2. The van der Waals surface area contributed by atoms with E-state index in [1.807, 2.05) is 0 Å². The molecule has 116 valence electrons. The number of carboxylic acids is 1. The van der Waals surface area contributed by atoms with Gasteiger partial charge in [0.15, 0.2) is 5.69 Å².